The van der Waals surface area contributed by atoms with Gasteiger partial charge in [0.15, 0.2) is 0 Å². The minimum Gasteiger partial charge on any atom is -0.376 e. The highest BCUT2D eigenvalue weighted by Crippen LogP contribution is 2.48. The highest BCUT2D eigenvalue weighted by atomic mass is 16.5. The smallest absolute Gasteiger partial charge is 0.0756 e. The van der Waals surface area contributed by atoms with Crippen molar-refractivity contribution in [3.05, 3.63) is 0 Å². The Morgan fingerprint density at radius 3 is 2.53 bits per heavy atom. The van der Waals surface area contributed by atoms with E-state index in [1.54, 1.807) is 6.42 Å². The summed E-state index contributed by atoms with van der Waals surface area (Å²) in [6.07, 6.45) is 10.7. The summed E-state index contributed by atoms with van der Waals surface area (Å²) < 4.78 is 5.90. The lowest BCUT2D eigenvalue weighted by molar-refractivity contribution is 0.0797. The molecule has 1 saturated heterocycles. The fourth-order valence-electron chi connectivity index (χ4n) is 4.65. The van der Waals surface area contributed by atoms with Crippen molar-refractivity contribution < 1.29 is 4.74 Å². The molecule has 0 spiro atoms. The monoisotopic (exact) mass is 235 g/mol. The Labute approximate surface area is 104 Å². The molecule has 2 bridgehead atoms. The molecule has 0 aromatic heterocycles. The van der Waals surface area contributed by atoms with Crippen molar-refractivity contribution in [2.24, 2.45) is 23.7 Å². The van der Waals surface area contributed by atoms with Crippen LogP contribution in [-0.2, 0) is 4.74 Å². The fourth-order valence-corrected chi connectivity index (χ4v) is 4.65. The number of ether oxygens (including phenoxy) is 1. The van der Waals surface area contributed by atoms with Crippen LogP contribution in [0.3, 0.4) is 0 Å². The van der Waals surface area contributed by atoms with Gasteiger partial charge in [-0.3, -0.25) is 0 Å². The van der Waals surface area contributed by atoms with Gasteiger partial charge >= 0.3 is 0 Å². The average Bonchev–Trinajstić information content (AvgIpc) is 2.80. The number of rotatable bonds is 4. The van der Waals surface area contributed by atoms with Crippen molar-refractivity contribution in [3.63, 3.8) is 0 Å². The zero-order valence-electron chi connectivity index (χ0n) is 10.7. The second-order valence-corrected chi connectivity index (χ2v) is 6.91. The molecular formula is C15H25NO. The molecular weight excluding hydrogens is 210 g/mol. The van der Waals surface area contributed by atoms with Gasteiger partial charge in [0.1, 0.15) is 0 Å². The van der Waals surface area contributed by atoms with E-state index in [1.807, 2.05) is 0 Å². The predicted molar refractivity (Wildman–Crippen MR) is 67.8 cm³/mol. The summed E-state index contributed by atoms with van der Waals surface area (Å²) in [5.41, 5.74) is 0. The third-order valence-corrected chi connectivity index (χ3v) is 5.75. The molecule has 1 N–H and O–H groups in total. The lowest BCUT2D eigenvalue weighted by atomic mass is 9.88. The summed E-state index contributed by atoms with van der Waals surface area (Å²) in [5.74, 6) is 4.05. The third-order valence-electron chi connectivity index (χ3n) is 5.75. The normalized spacial score (nSPS) is 49.1. The Morgan fingerprint density at radius 2 is 1.82 bits per heavy atom. The van der Waals surface area contributed by atoms with E-state index < -0.39 is 0 Å². The summed E-state index contributed by atoms with van der Waals surface area (Å²) in [6.45, 7) is 2.27. The van der Waals surface area contributed by atoms with E-state index in [1.165, 1.54) is 45.1 Å². The number of hydrogen-bond acceptors (Lipinski definition) is 2. The lowest BCUT2D eigenvalue weighted by Crippen LogP contribution is -2.41. The molecule has 0 radical (unpaired) electrons. The van der Waals surface area contributed by atoms with Gasteiger partial charge in [-0.25, -0.2) is 0 Å². The van der Waals surface area contributed by atoms with Gasteiger partial charge in [0, 0.05) is 12.6 Å². The van der Waals surface area contributed by atoms with Gasteiger partial charge in [-0.1, -0.05) is 6.42 Å². The SMILES string of the molecule is C1CC(NCC2CC3CCC2C3)C(C2CC2)O1. The summed E-state index contributed by atoms with van der Waals surface area (Å²) >= 11 is 0. The first kappa shape index (κ1) is 10.8. The lowest BCUT2D eigenvalue weighted by Gasteiger charge is -2.26. The molecule has 1 heterocycles. The van der Waals surface area contributed by atoms with E-state index in [0.29, 0.717) is 12.1 Å². The first-order valence-corrected chi connectivity index (χ1v) is 7.75. The molecule has 4 rings (SSSR count). The van der Waals surface area contributed by atoms with Crippen LogP contribution >= 0.6 is 0 Å². The van der Waals surface area contributed by atoms with Crippen molar-refractivity contribution in [2.75, 3.05) is 13.2 Å². The molecule has 2 nitrogen and oxygen atoms in total. The Balaban J connectivity index is 1.29. The molecule has 4 fully saturated rings. The van der Waals surface area contributed by atoms with Gasteiger partial charge in [-0.2, -0.15) is 0 Å². The van der Waals surface area contributed by atoms with Crippen LogP contribution in [-0.4, -0.2) is 25.3 Å². The van der Waals surface area contributed by atoms with Crippen LogP contribution in [0.15, 0.2) is 0 Å². The topological polar surface area (TPSA) is 21.3 Å². The Bertz CT molecular complexity index is 289. The first-order valence-electron chi connectivity index (χ1n) is 7.75. The standard InChI is InChI=1S/C15H25NO/c1-2-12-7-10(1)8-13(12)9-16-14-5-6-17-15(14)11-3-4-11/h10-16H,1-9H2. The van der Waals surface area contributed by atoms with Crippen molar-refractivity contribution in [2.45, 2.75) is 57.1 Å². The van der Waals surface area contributed by atoms with Gasteiger partial charge in [0.05, 0.1) is 6.10 Å². The molecule has 5 unspecified atom stereocenters. The zero-order valence-corrected chi connectivity index (χ0v) is 10.7. The quantitative estimate of drug-likeness (QED) is 0.808. The minimum atomic E-state index is 0.564. The van der Waals surface area contributed by atoms with Crippen LogP contribution in [0.25, 0.3) is 0 Å². The van der Waals surface area contributed by atoms with Crippen LogP contribution in [0.5, 0.6) is 0 Å². The summed E-state index contributed by atoms with van der Waals surface area (Å²) in [6, 6.07) is 0.682. The van der Waals surface area contributed by atoms with Crippen LogP contribution in [0.4, 0.5) is 0 Å². The molecule has 4 aliphatic rings. The van der Waals surface area contributed by atoms with E-state index in [4.69, 9.17) is 4.74 Å². The van der Waals surface area contributed by atoms with Crippen molar-refractivity contribution >= 4 is 0 Å². The van der Waals surface area contributed by atoms with Crippen LogP contribution in [0, 0.1) is 23.7 Å². The number of nitrogens with one attached hydrogen (secondary N) is 1. The van der Waals surface area contributed by atoms with E-state index in [0.717, 1.165) is 30.3 Å². The molecule has 5 atom stereocenters. The highest BCUT2D eigenvalue weighted by molar-refractivity contribution is 4.96. The molecule has 0 aromatic rings. The van der Waals surface area contributed by atoms with Crippen LogP contribution in [0.1, 0.15) is 44.9 Å². The molecule has 2 heteroatoms. The predicted octanol–water partition coefficient (Wildman–Crippen LogP) is 2.58. The van der Waals surface area contributed by atoms with Crippen LogP contribution < -0.4 is 5.32 Å². The van der Waals surface area contributed by atoms with Gasteiger partial charge in [0.2, 0.25) is 0 Å². The van der Waals surface area contributed by atoms with E-state index >= 15 is 0 Å². The highest BCUT2D eigenvalue weighted by Gasteiger charge is 2.42. The Morgan fingerprint density at radius 1 is 0.941 bits per heavy atom. The van der Waals surface area contributed by atoms with E-state index in [9.17, 15) is 0 Å². The third kappa shape index (κ3) is 2.04. The van der Waals surface area contributed by atoms with Crippen molar-refractivity contribution in [3.8, 4) is 0 Å². The van der Waals surface area contributed by atoms with Gasteiger partial charge in [0.25, 0.3) is 0 Å². The largest absolute Gasteiger partial charge is 0.376 e. The molecule has 96 valence electrons. The minimum absolute atomic E-state index is 0.564. The Hall–Kier alpha value is -0.0800. The molecule has 3 saturated carbocycles. The summed E-state index contributed by atoms with van der Waals surface area (Å²) in [5, 5.41) is 3.85. The van der Waals surface area contributed by atoms with Crippen LogP contribution in [0.2, 0.25) is 0 Å². The van der Waals surface area contributed by atoms with Gasteiger partial charge in [-0.05, 0) is 68.7 Å². The molecule has 3 aliphatic carbocycles. The average molecular weight is 235 g/mol. The summed E-state index contributed by atoms with van der Waals surface area (Å²) in [4.78, 5) is 0. The van der Waals surface area contributed by atoms with Crippen molar-refractivity contribution in [1.82, 2.24) is 5.32 Å². The fraction of sp³-hybridized carbons (Fsp3) is 1.00. The second kappa shape index (κ2) is 4.24. The molecule has 1 aliphatic heterocycles. The molecule has 17 heavy (non-hydrogen) atoms. The van der Waals surface area contributed by atoms with Crippen molar-refractivity contribution in [1.29, 1.82) is 0 Å². The molecule has 0 amide bonds. The van der Waals surface area contributed by atoms with E-state index in [-0.39, 0.29) is 0 Å². The van der Waals surface area contributed by atoms with Gasteiger partial charge < -0.3 is 10.1 Å². The van der Waals surface area contributed by atoms with E-state index in [2.05, 4.69) is 5.32 Å². The zero-order chi connectivity index (χ0) is 11.2. The molecule has 0 aromatic carbocycles. The maximum absolute atomic E-state index is 5.90. The first-order chi connectivity index (χ1) is 8.40. The maximum Gasteiger partial charge on any atom is 0.0756 e. The summed E-state index contributed by atoms with van der Waals surface area (Å²) in [7, 11) is 0. The maximum atomic E-state index is 5.90. The number of fused-ring (bicyclic) bond motifs is 2. The Kier molecular flexibility index (Phi) is 2.69. The second-order valence-electron chi connectivity index (χ2n) is 6.91. The van der Waals surface area contributed by atoms with Gasteiger partial charge in [-0.15, -0.1) is 0 Å². The number of hydrogen-bond donors (Lipinski definition) is 1.